The molecule has 5 heteroatoms. The van der Waals surface area contributed by atoms with Gasteiger partial charge < -0.3 is 20.3 Å². The van der Waals surface area contributed by atoms with E-state index in [1.165, 1.54) is 25.7 Å². The lowest BCUT2D eigenvalue weighted by Gasteiger charge is -2.36. The lowest BCUT2D eigenvalue weighted by atomic mass is 9.96. The van der Waals surface area contributed by atoms with E-state index in [9.17, 15) is 4.79 Å². The van der Waals surface area contributed by atoms with E-state index in [0.29, 0.717) is 19.7 Å². The zero-order valence-corrected chi connectivity index (χ0v) is 12.6. The number of hydrogen-bond donors (Lipinski definition) is 2. The molecule has 1 saturated carbocycles. The van der Waals surface area contributed by atoms with E-state index in [1.54, 1.807) is 7.11 Å². The molecule has 0 aromatic rings. The Kier molecular flexibility index (Phi) is 7.34. The largest absolute Gasteiger partial charge is 0.385 e. The standard InChI is InChI=1S/C14H29N3O2/c1-17(2)14(7-4-5-8-14)12-15-11-13(18)16-9-6-10-19-3/h15H,4-12H2,1-3H3,(H,16,18). The Bertz CT molecular complexity index is 263. The third-order valence-electron chi connectivity index (χ3n) is 4.07. The highest BCUT2D eigenvalue weighted by molar-refractivity contribution is 5.77. The second-order valence-corrected chi connectivity index (χ2v) is 5.63. The smallest absolute Gasteiger partial charge is 0.233 e. The fraction of sp³-hybridized carbons (Fsp3) is 0.929. The number of nitrogens with zero attached hydrogens (tertiary/aromatic N) is 1. The highest BCUT2D eigenvalue weighted by atomic mass is 16.5. The van der Waals surface area contributed by atoms with E-state index in [2.05, 4.69) is 29.6 Å². The van der Waals surface area contributed by atoms with E-state index in [1.807, 2.05) is 0 Å². The molecule has 0 radical (unpaired) electrons. The van der Waals surface area contributed by atoms with Gasteiger partial charge in [-0.3, -0.25) is 4.79 Å². The van der Waals surface area contributed by atoms with Crippen LogP contribution in [-0.2, 0) is 9.53 Å². The van der Waals surface area contributed by atoms with Crippen LogP contribution in [0.2, 0.25) is 0 Å². The van der Waals surface area contributed by atoms with Crippen LogP contribution in [0.25, 0.3) is 0 Å². The van der Waals surface area contributed by atoms with E-state index < -0.39 is 0 Å². The van der Waals surface area contributed by atoms with Gasteiger partial charge in [0.15, 0.2) is 0 Å². The summed E-state index contributed by atoms with van der Waals surface area (Å²) in [5.41, 5.74) is 0.246. The molecule has 0 aliphatic heterocycles. The molecule has 0 saturated heterocycles. The molecular weight excluding hydrogens is 242 g/mol. The van der Waals surface area contributed by atoms with Gasteiger partial charge in [-0.15, -0.1) is 0 Å². The van der Waals surface area contributed by atoms with Gasteiger partial charge >= 0.3 is 0 Å². The molecule has 0 aromatic heterocycles. The third kappa shape index (κ3) is 5.47. The molecule has 0 bridgehead atoms. The van der Waals surface area contributed by atoms with E-state index >= 15 is 0 Å². The maximum atomic E-state index is 11.6. The number of amides is 1. The predicted octanol–water partition coefficient (Wildman–Crippen LogP) is 0.603. The molecule has 1 aliphatic carbocycles. The van der Waals surface area contributed by atoms with Gasteiger partial charge in [0, 0.05) is 32.3 Å². The van der Waals surface area contributed by atoms with Crippen LogP contribution in [-0.4, -0.2) is 63.8 Å². The number of rotatable bonds is 9. The molecule has 0 atom stereocenters. The molecule has 1 aliphatic rings. The van der Waals surface area contributed by atoms with Gasteiger partial charge in [0.1, 0.15) is 0 Å². The number of hydrogen-bond acceptors (Lipinski definition) is 4. The highest BCUT2D eigenvalue weighted by Gasteiger charge is 2.35. The van der Waals surface area contributed by atoms with Crippen molar-refractivity contribution in [2.75, 3.05) is 47.4 Å². The zero-order valence-electron chi connectivity index (χ0n) is 12.6. The topological polar surface area (TPSA) is 53.6 Å². The number of carbonyl (C=O) groups is 1. The second-order valence-electron chi connectivity index (χ2n) is 5.63. The molecule has 0 spiro atoms. The average Bonchev–Trinajstić information content (AvgIpc) is 2.85. The van der Waals surface area contributed by atoms with Crippen LogP contribution >= 0.6 is 0 Å². The summed E-state index contributed by atoms with van der Waals surface area (Å²) >= 11 is 0. The normalized spacial score (nSPS) is 17.9. The van der Waals surface area contributed by atoms with E-state index in [4.69, 9.17) is 4.74 Å². The molecule has 1 amide bonds. The molecule has 0 aromatic carbocycles. The molecule has 112 valence electrons. The van der Waals surface area contributed by atoms with Crippen LogP contribution < -0.4 is 10.6 Å². The predicted molar refractivity (Wildman–Crippen MR) is 77.3 cm³/mol. The third-order valence-corrected chi connectivity index (χ3v) is 4.07. The quantitative estimate of drug-likeness (QED) is 0.603. The Hall–Kier alpha value is -0.650. The van der Waals surface area contributed by atoms with Crippen molar-refractivity contribution in [3.05, 3.63) is 0 Å². The van der Waals surface area contributed by atoms with Crippen molar-refractivity contribution in [2.24, 2.45) is 0 Å². The van der Waals surface area contributed by atoms with Gasteiger partial charge in [-0.05, 0) is 33.4 Å². The number of likely N-dealkylation sites (N-methyl/N-ethyl adjacent to an activating group) is 1. The Morgan fingerprint density at radius 2 is 2.00 bits per heavy atom. The van der Waals surface area contributed by atoms with Crippen molar-refractivity contribution < 1.29 is 9.53 Å². The number of nitrogens with one attached hydrogen (secondary N) is 2. The molecule has 19 heavy (non-hydrogen) atoms. The maximum Gasteiger partial charge on any atom is 0.233 e. The van der Waals surface area contributed by atoms with Crippen molar-refractivity contribution in [3.8, 4) is 0 Å². The first-order valence-corrected chi connectivity index (χ1v) is 7.24. The minimum atomic E-state index is 0.0722. The fourth-order valence-electron chi connectivity index (χ4n) is 2.73. The first-order chi connectivity index (χ1) is 9.10. The fourth-order valence-corrected chi connectivity index (χ4v) is 2.73. The summed E-state index contributed by atoms with van der Waals surface area (Å²) in [7, 11) is 5.95. The minimum absolute atomic E-state index is 0.0722. The highest BCUT2D eigenvalue weighted by Crippen LogP contribution is 2.32. The van der Waals surface area contributed by atoms with Crippen LogP contribution in [0.15, 0.2) is 0 Å². The Morgan fingerprint density at radius 3 is 2.58 bits per heavy atom. The van der Waals surface area contributed by atoms with Crippen molar-refractivity contribution in [1.82, 2.24) is 15.5 Å². The van der Waals surface area contributed by atoms with Gasteiger partial charge in [-0.1, -0.05) is 12.8 Å². The van der Waals surface area contributed by atoms with Gasteiger partial charge in [-0.2, -0.15) is 0 Å². The summed E-state index contributed by atoms with van der Waals surface area (Å²) in [6.45, 7) is 2.68. The van der Waals surface area contributed by atoms with Crippen molar-refractivity contribution in [3.63, 3.8) is 0 Å². The maximum absolute atomic E-state index is 11.6. The van der Waals surface area contributed by atoms with E-state index in [0.717, 1.165) is 13.0 Å². The number of methoxy groups -OCH3 is 1. The Morgan fingerprint density at radius 1 is 1.32 bits per heavy atom. The summed E-state index contributed by atoms with van der Waals surface area (Å²) in [5, 5.41) is 6.19. The van der Waals surface area contributed by atoms with Crippen LogP contribution in [0.1, 0.15) is 32.1 Å². The van der Waals surface area contributed by atoms with Crippen LogP contribution in [0.5, 0.6) is 0 Å². The Labute approximate surface area is 117 Å². The summed E-state index contributed by atoms with van der Waals surface area (Å²) in [5.74, 6) is 0.0722. The van der Waals surface area contributed by atoms with Crippen molar-refractivity contribution in [1.29, 1.82) is 0 Å². The second kappa shape index (κ2) is 8.51. The lowest BCUT2D eigenvalue weighted by Crippen LogP contribution is -2.51. The van der Waals surface area contributed by atoms with Gasteiger partial charge in [-0.25, -0.2) is 0 Å². The minimum Gasteiger partial charge on any atom is -0.385 e. The summed E-state index contributed by atoms with van der Waals surface area (Å²) in [6, 6.07) is 0. The number of carbonyl (C=O) groups excluding carboxylic acids is 1. The first kappa shape index (κ1) is 16.4. The average molecular weight is 271 g/mol. The molecule has 0 unspecified atom stereocenters. The SMILES string of the molecule is COCCCNC(=O)CNCC1(N(C)C)CCCC1. The summed E-state index contributed by atoms with van der Waals surface area (Å²) < 4.78 is 4.94. The monoisotopic (exact) mass is 271 g/mol. The van der Waals surface area contributed by atoms with E-state index in [-0.39, 0.29) is 11.4 Å². The van der Waals surface area contributed by atoms with Crippen molar-refractivity contribution in [2.45, 2.75) is 37.6 Å². The van der Waals surface area contributed by atoms with Crippen molar-refractivity contribution >= 4 is 5.91 Å². The Balaban J connectivity index is 2.16. The lowest BCUT2D eigenvalue weighted by molar-refractivity contribution is -0.120. The molecule has 1 fully saturated rings. The van der Waals surface area contributed by atoms with Gasteiger partial charge in [0.2, 0.25) is 5.91 Å². The van der Waals surface area contributed by atoms with Gasteiger partial charge in [0.25, 0.3) is 0 Å². The molecular formula is C14H29N3O2. The van der Waals surface area contributed by atoms with Crippen LogP contribution in [0.4, 0.5) is 0 Å². The number of ether oxygens (including phenoxy) is 1. The van der Waals surface area contributed by atoms with Crippen LogP contribution in [0.3, 0.4) is 0 Å². The summed E-state index contributed by atoms with van der Waals surface area (Å²) in [6.07, 6.45) is 5.90. The molecule has 1 rings (SSSR count). The summed E-state index contributed by atoms with van der Waals surface area (Å²) in [4.78, 5) is 13.9. The molecule has 2 N–H and O–H groups in total. The van der Waals surface area contributed by atoms with Crippen LogP contribution in [0, 0.1) is 0 Å². The van der Waals surface area contributed by atoms with Gasteiger partial charge in [0.05, 0.1) is 6.54 Å². The first-order valence-electron chi connectivity index (χ1n) is 7.24. The molecule has 0 heterocycles. The molecule has 5 nitrogen and oxygen atoms in total. The zero-order chi connectivity index (χ0) is 14.1.